The minimum Gasteiger partial charge on any atom is -0.542 e. The molecule has 1 fully saturated rings. The summed E-state index contributed by atoms with van der Waals surface area (Å²) in [6.07, 6.45) is -4.80. The molecule has 0 saturated carbocycles. The summed E-state index contributed by atoms with van der Waals surface area (Å²) in [4.78, 5) is 107. The monoisotopic (exact) mass is 1190 g/mol. The molecule has 86 heavy (non-hydrogen) atoms. The molecule has 2 heterocycles. The first-order valence-corrected chi connectivity index (χ1v) is 28.3. The highest BCUT2D eigenvalue weighted by atomic mass is 19.4. The van der Waals surface area contributed by atoms with Gasteiger partial charge < -0.3 is 65.7 Å². The number of rotatable bonds is 24. The summed E-state index contributed by atoms with van der Waals surface area (Å²) in [5, 5.41) is 32.1. The third-order valence-corrected chi connectivity index (χ3v) is 14.7. The molecule has 21 nitrogen and oxygen atoms in total. The number of alkyl halides is 3. The predicted octanol–water partition coefficient (Wildman–Crippen LogP) is 4.37. The van der Waals surface area contributed by atoms with Gasteiger partial charge in [-0.3, -0.25) is 33.6 Å². The number of aliphatic carboxylic acids is 1. The first-order valence-electron chi connectivity index (χ1n) is 28.3. The van der Waals surface area contributed by atoms with Crippen molar-refractivity contribution < 1.29 is 75.6 Å². The van der Waals surface area contributed by atoms with Crippen LogP contribution in [0.4, 0.5) is 24.5 Å². The third-order valence-electron chi connectivity index (χ3n) is 14.7. The zero-order valence-electron chi connectivity index (χ0n) is 48.3. The van der Waals surface area contributed by atoms with Gasteiger partial charge in [-0.25, -0.2) is 4.58 Å². The van der Waals surface area contributed by atoms with Gasteiger partial charge in [0.15, 0.2) is 11.6 Å². The van der Waals surface area contributed by atoms with Crippen LogP contribution in [0.3, 0.4) is 0 Å². The highest BCUT2D eigenvalue weighted by Crippen LogP contribution is 2.43. The van der Waals surface area contributed by atoms with Crippen molar-refractivity contribution in [1.82, 2.24) is 25.4 Å². The van der Waals surface area contributed by atoms with Crippen LogP contribution in [-0.4, -0.2) is 154 Å². The summed E-state index contributed by atoms with van der Waals surface area (Å²) in [7, 11) is 0. The van der Waals surface area contributed by atoms with E-state index < -0.39 is 66.1 Å². The maximum absolute atomic E-state index is 14.8. The summed E-state index contributed by atoms with van der Waals surface area (Å²) >= 11 is 0. The van der Waals surface area contributed by atoms with E-state index in [1.54, 1.807) is 41.3 Å². The molecule has 0 spiro atoms. The number of primary amides is 1. The minimum absolute atomic E-state index is 0.0234. The average molecular weight is 1190 g/mol. The van der Waals surface area contributed by atoms with Gasteiger partial charge in [0, 0.05) is 89.4 Å². The quantitative estimate of drug-likeness (QED) is 0.0212. The number of likely N-dealkylation sites (tertiary alicyclic amines) is 1. The molecule has 0 aromatic heterocycles. The Morgan fingerprint density at radius 3 is 2.03 bits per heavy atom. The molecule has 8 rings (SSSR count). The van der Waals surface area contributed by atoms with Gasteiger partial charge in [-0.2, -0.15) is 13.2 Å². The number of carbonyl (C=O) groups is 8. The number of amides is 5. The van der Waals surface area contributed by atoms with Crippen molar-refractivity contribution in [2.45, 2.75) is 78.2 Å². The van der Waals surface area contributed by atoms with E-state index >= 15 is 0 Å². The maximum Gasteiger partial charge on any atom is 0.430 e. The summed E-state index contributed by atoms with van der Waals surface area (Å²) in [5.74, 6) is -6.57. The number of phenols is 1. The van der Waals surface area contributed by atoms with Crippen molar-refractivity contribution in [3.63, 3.8) is 0 Å². The summed E-state index contributed by atoms with van der Waals surface area (Å²) in [6, 6.07) is 25.7. The SMILES string of the molecule is CCN(CC)c1ccc2c(-c3ccccc3C(=O)N3CCCC3C(=O)NC(C)C(=O)NC(CC(N)=O)C(=O)NCCOCCOCCNc3ccc(O)c4c3C(=O)c3ccccc3C4=O)c3ccc(=[N+](CC)CC)cc-3oc2c1.O=C([O-])C(F)(F)F. The first-order chi connectivity index (χ1) is 41.1. The van der Waals surface area contributed by atoms with Crippen LogP contribution in [0.2, 0.25) is 0 Å². The number of hydrogen-bond acceptors (Lipinski definition) is 15. The molecule has 2 aliphatic carbocycles. The molecule has 0 bridgehead atoms. The number of hydrogen-bond donors (Lipinski definition) is 6. The predicted molar refractivity (Wildman–Crippen MR) is 311 cm³/mol. The molecule has 2 aliphatic heterocycles. The van der Waals surface area contributed by atoms with Gasteiger partial charge >= 0.3 is 6.18 Å². The van der Waals surface area contributed by atoms with Crippen LogP contribution in [0, 0.1) is 0 Å². The first kappa shape index (κ1) is 64.4. The van der Waals surface area contributed by atoms with E-state index in [4.69, 9.17) is 29.5 Å². The number of aromatic hydroxyl groups is 1. The number of nitrogens with zero attached hydrogens (tertiary/aromatic N) is 3. The van der Waals surface area contributed by atoms with E-state index in [0.717, 1.165) is 53.7 Å². The second kappa shape index (κ2) is 29.1. The minimum atomic E-state index is -5.19. The van der Waals surface area contributed by atoms with Gasteiger partial charge in [0.25, 0.3) is 5.91 Å². The standard InChI is InChI=1S/C60H68N8O11.C2HF3O2/c1-6-66(7-2)37-20-22-43-49(33-37)79-50-34-38(67(8-3)9-4)21-23-44(50)52(43)39-15-10-13-18-42(39)60(76)68-28-14-19-47(68)59(75)64-36(5)57(73)65-46(35-51(61)70)58(74)63-27-30-78-32-31-77-29-26-62-45-24-25-48(69)54-53(45)55(71)40-16-11-12-17-41(40)56(54)72;3-2(4,5)1(6)7/h10-13,15-18,20-25,33-34,36,46-47H,6-9,14,19,26-32,35H2,1-5H3,(H6,61,63,64,65,70,73,74,75,76);(H,6,7). The maximum atomic E-state index is 14.8. The number of carbonyl (C=O) groups excluding carboxylic acids is 8. The number of nitrogens with two attached hydrogens (primary N) is 1. The van der Waals surface area contributed by atoms with Gasteiger partial charge in [-0.1, -0.05) is 42.5 Å². The Balaban J connectivity index is 0.00000142. The van der Waals surface area contributed by atoms with Crippen LogP contribution < -0.4 is 46.9 Å². The summed E-state index contributed by atoms with van der Waals surface area (Å²) in [6.45, 7) is 14.4. The molecular formula is C62H69F3N8O13. The van der Waals surface area contributed by atoms with E-state index in [9.17, 15) is 51.8 Å². The molecule has 24 heteroatoms. The van der Waals surface area contributed by atoms with Crippen LogP contribution in [-0.2, 0) is 33.4 Å². The molecule has 4 aromatic carbocycles. The molecular weight excluding hydrogens is 1120 g/mol. The van der Waals surface area contributed by atoms with Crippen LogP contribution in [0.15, 0.2) is 101 Å². The van der Waals surface area contributed by atoms with E-state index in [1.165, 1.54) is 19.1 Å². The van der Waals surface area contributed by atoms with E-state index in [0.29, 0.717) is 47.5 Å². The van der Waals surface area contributed by atoms with Crippen molar-refractivity contribution in [2.24, 2.45) is 5.73 Å². The number of benzene rings is 5. The van der Waals surface area contributed by atoms with E-state index in [1.807, 2.05) is 36.4 Å². The Kier molecular flexibility index (Phi) is 21.8. The number of ketones is 2. The Hall–Kier alpha value is -9.16. The van der Waals surface area contributed by atoms with Crippen molar-refractivity contribution in [1.29, 1.82) is 0 Å². The highest BCUT2D eigenvalue weighted by molar-refractivity contribution is 6.31. The van der Waals surface area contributed by atoms with E-state index in [-0.39, 0.29) is 79.2 Å². The fourth-order valence-electron chi connectivity index (χ4n) is 10.4. The average Bonchev–Trinajstić information content (AvgIpc) is 0.851. The smallest absolute Gasteiger partial charge is 0.430 e. The molecule has 456 valence electrons. The van der Waals surface area contributed by atoms with E-state index in [2.05, 4.69) is 70.6 Å². The highest BCUT2D eigenvalue weighted by Gasteiger charge is 2.38. The van der Waals surface area contributed by atoms with Gasteiger partial charge in [0.1, 0.15) is 54.3 Å². The van der Waals surface area contributed by atoms with Crippen LogP contribution in [0.1, 0.15) is 96.1 Å². The number of carboxylic acid groups (broad SMARTS) is 1. The molecule has 4 aliphatic rings. The largest absolute Gasteiger partial charge is 0.542 e. The lowest BCUT2D eigenvalue weighted by atomic mass is 9.82. The zero-order valence-corrected chi connectivity index (χ0v) is 48.3. The second-order valence-electron chi connectivity index (χ2n) is 20.2. The summed E-state index contributed by atoms with van der Waals surface area (Å²) < 4.78 is 51.7. The van der Waals surface area contributed by atoms with Gasteiger partial charge in [0.2, 0.25) is 29.0 Å². The number of halogens is 3. The lowest BCUT2D eigenvalue weighted by Crippen LogP contribution is -2.56. The van der Waals surface area contributed by atoms with Crippen molar-refractivity contribution in [3.05, 3.63) is 130 Å². The fraction of sp³-hybridized carbons (Fsp3) is 0.371. The molecule has 1 saturated heterocycles. The molecule has 3 atom stereocenters. The lowest BCUT2D eigenvalue weighted by Gasteiger charge is -2.27. The zero-order chi connectivity index (χ0) is 62.4. The Labute approximate surface area is 493 Å². The van der Waals surface area contributed by atoms with Crippen molar-refractivity contribution in [3.8, 4) is 28.2 Å². The Morgan fingerprint density at radius 1 is 0.779 bits per heavy atom. The van der Waals surface area contributed by atoms with Crippen LogP contribution in [0.5, 0.6) is 5.75 Å². The van der Waals surface area contributed by atoms with Crippen molar-refractivity contribution >= 4 is 69.4 Å². The summed E-state index contributed by atoms with van der Waals surface area (Å²) in [5.41, 5.74) is 10.9. The van der Waals surface area contributed by atoms with Gasteiger partial charge in [-0.05, 0) is 89.4 Å². The van der Waals surface area contributed by atoms with Crippen LogP contribution in [0.25, 0.3) is 33.4 Å². The topological polar surface area (TPSA) is 295 Å². The molecule has 4 aromatic rings. The number of carboxylic acids is 1. The number of fused-ring (bicyclic) bond motifs is 4. The number of nitrogens with one attached hydrogen (secondary N) is 4. The number of phenolic OH excluding ortho intramolecular Hbond substituents is 1. The third kappa shape index (κ3) is 15.0. The van der Waals surface area contributed by atoms with Gasteiger partial charge in [0.05, 0.1) is 50.0 Å². The Bertz CT molecular complexity index is 3560. The molecule has 5 amide bonds. The fourth-order valence-corrected chi connectivity index (χ4v) is 10.4. The van der Waals surface area contributed by atoms with Crippen LogP contribution >= 0.6 is 0 Å². The van der Waals surface area contributed by atoms with Crippen molar-refractivity contribution in [2.75, 3.05) is 82.5 Å². The number of anilines is 2. The van der Waals surface area contributed by atoms with Gasteiger partial charge in [-0.15, -0.1) is 0 Å². The molecule has 7 N–H and O–H groups in total. The number of ether oxygens (including phenoxy) is 2. The second-order valence-corrected chi connectivity index (χ2v) is 20.2. The molecule has 3 unspecified atom stereocenters. The lowest BCUT2D eigenvalue weighted by molar-refractivity contribution is -0.344. The Morgan fingerprint density at radius 2 is 1.41 bits per heavy atom. The molecule has 0 radical (unpaired) electrons. The normalized spacial score (nSPS) is 14.3.